The lowest BCUT2D eigenvalue weighted by atomic mass is 10.1. The fourth-order valence-electron chi connectivity index (χ4n) is 1.91. The van der Waals surface area contributed by atoms with E-state index < -0.39 is 5.91 Å². The van der Waals surface area contributed by atoms with Gasteiger partial charge in [0.2, 0.25) is 0 Å². The number of aryl methyl sites for hydroxylation is 1. The molecule has 2 aromatic carbocycles. The van der Waals surface area contributed by atoms with Crippen molar-refractivity contribution in [2.45, 2.75) is 6.92 Å². The molecule has 0 fully saturated rings. The Bertz CT molecular complexity index is 741. The SMILES string of the molecule is Cc1ccc(C(=O)/C=C/c2ccc(/C=C/C(=O)NO)cc2)cc1. The molecule has 0 radical (unpaired) electrons. The number of hydroxylamine groups is 1. The van der Waals surface area contributed by atoms with Crippen molar-refractivity contribution >= 4 is 23.8 Å². The summed E-state index contributed by atoms with van der Waals surface area (Å²) in [6.45, 7) is 1.98. The third-order valence-corrected chi connectivity index (χ3v) is 3.24. The van der Waals surface area contributed by atoms with Gasteiger partial charge in [-0.1, -0.05) is 60.2 Å². The lowest BCUT2D eigenvalue weighted by molar-refractivity contribution is -0.124. The second-order valence-corrected chi connectivity index (χ2v) is 5.04. The van der Waals surface area contributed by atoms with E-state index in [-0.39, 0.29) is 5.78 Å². The Morgan fingerprint density at radius 2 is 1.39 bits per heavy atom. The summed E-state index contributed by atoms with van der Waals surface area (Å²) in [5.74, 6) is -0.633. The molecule has 0 aromatic heterocycles. The van der Waals surface area contributed by atoms with Gasteiger partial charge in [0.05, 0.1) is 0 Å². The maximum Gasteiger partial charge on any atom is 0.267 e. The monoisotopic (exact) mass is 307 g/mol. The fourth-order valence-corrected chi connectivity index (χ4v) is 1.91. The fraction of sp³-hybridized carbons (Fsp3) is 0.0526. The van der Waals surface area contributed by atoms with Crippen LogP contribution in [0, 0.1) is 6.92 Å². The van der Waals surface area contributed by atoms with Gasteiger partial charge in [-0.05, 0) is 30.2 Å². The van der Waals surface area contributed by atoms with Gasteiger partial charge in [0.1, 0.15) is 0 Å². The quantitative estimate of drug-likeness (QED) is 0.385. The van der Waals surface area contributed by atoms with E-state index in [0.29, 0.717) is 5.56 Å². The number of carbonyl (C=O) groups excluding carboxylic acids is 2. The van der Waals surface area contributed by atoms with Crippen molar-refractivity contribution in [1.29, 1.82) is 0 Å². The van der Waals surface area contributed by atoms with Crippen LogP contribution >= 0.6 is 0 Å². The topological polar surface area (TPSA) is 66.4 Å². The van der Waals surface area contributed by atoms with Gasteiger partial charge >= 0.3 is 0 Å². The summed E-state index contributed by atoms with van der Waals surface area (Å²) in [6, 6.07) is 14.7. The molecule has 0 atom stereocenters. The largest absolute Gasteiger partial charge is 0.289 e. The van der Waals surface area contributed by atoms with Crippen LogP contribution in [0.2, 0.25) is 0 Å². The molecule has 0 heterocycles. The zero-order valence-corrected chi connectivity index (χ0v) is 12.7. The highest BCUT2D eigenvalue weighted by molar-refractivity contribution is 6.06. The number of rotatable bonds is 5. The van der Waals surface area contributed by atoms with Crippen molar-refractivity contribution in [1.82, 2.24) is 5.48 Å². The molecule has 0 spiro atoms. The second-order valence-electron chi connectivity index (χ2n) is 5.04. The van der Waals surface area contributed by atoms with Gasteiger partial charge in [0, 0.05) is 11.6 Å². The lowest BCUT2D eigenvalue weighted by Crippen LogP contribution is -2.14. The number of hydrogen-bond donors (Lipinski definition) is 2. The Kier molecular flexibility index (Phi) is 5.61. The standard InChI is InChI=1S/C19H17NO3/c1-14-2-10-17(11-3-14)18(21)12-8-15-4-6-16(7-5-15)9-13-19(22)20-23/h2-13,23H,1H3,(H,20,22)/b12-8+,13-9+. The summed E-state index contributed by atoms with van der Waals surface area (Å²) in [4.78, 5) is 22.9. The van der Waals surface area contributed by atoms with E-state index >= 15 is 0 Å². The summed E-state index contributed by atoms with van der Waals surface area (Å²) >= 11 is 0. The number of carbonyl (C=O) groups is 2. The van der Waals surface area contributed by atoms with Gasteiger partial charge in [-0.2, -0.15) is 0 Å². The molecule has 4 heteroatoms. The van der Waals surface area contributed by atoms with Crippen LogP contribution in [-0.2, 0) is 4.79 Å². The number of hydrogen-bond acceptors (Lipinski definition) is 3. The van der Waals surface area contributed by atoms with Crippen LogP contribution in [0.3, 0.4) is 0 Å². The molecule has 0 saturated carbocycles. The van der Waals surface area contributed by atoms with E-state index in [9.17, 15) is 9.59 Å². The van der Waals surface area contributed by atoms with Crippen molar-refractivity contribution in [3.63, 3.8) is 0 Å². The zero-order valence-electron chi connectivity index (χ0n) is 12.7. The van der Waals surface area contributed by atoms with E-state index in [4.69, 9.17) is 5.21 Å². The minimum atomic E-state index is -0.585. The van der Waals surface area contributed by atoms with Crippen LogP contribution in [-0.4, -0.2) is 16.9 Å². The van der Waals surface area contributed by atoms with E-state index in [2.05, 4.69) is 0 Å². The molecular weight excluding hydrogens is 290 g/mol. The van der Waals surface area contributed by atoms with Gasteiger partial charge in [-0.3, -0.25) is 14.8 Å². The smallest absolute Gasteiger partial charge is 0.267 e. The zero-order chi connectivity index (χ0) is 16.7. The predicted octanol–water partition coefficient (Wildman–Crippen LogP) is 3.41. The number of nitrogens with one attached hydrogen (secondary N) is 1. The second kappa shape index (κ2) is 7.87. The van der Waals surface area contributed by atoms with Gasteiger partial charge in [0.25, 0.3) is 5.91 Å². The van der Waals surface area contributed by atoms with Crippen molar-refractivity contribution < 1.29 is 14.8 Å². The lowest BCUT2D eigenvalue weighted by Gasteiger charge is -1.98. The van der Waals surface area contributed by atoms with E-state index in [0.717, 1.165) is 16.7 Å². The minimum Gasteiger partial charge on any atom is -0.289 e. The van der Waals surface area contributed by atoms with Crippen LogP contribution in [0.4, 0.5) is 0 Å². The number of ketones is 1. The Morgan fingerprint density at radius 1 is 0.870 bits per heavy atom. The van der Waals surface area contributed by atoms with Gasteiger partial charge in [-0.15, -0.1) is 0 Å². The van der Waals surface area contributed by atoms with Crippen molar-refractivity contribution in [3.8, 4) is 0 Å². The average molecular weight is 307 g/mol. The van der Waals surface area contributed by atoms with Crippen LogP contribution in [0.15, 0.2) is 60.7 Å². The van der Waals surface area contributed by atoms with Crippen molar-refractivity contribution in [2.75, 3.05) is 0 Å². The number of allylic oxidation sites excluding steroid dienone is 1. The third kappa shape index (κ3) is 5.05. The molecule has 4 nitrogen and oxygen atoms in total. The first-order chi connectivity index (χ1) is 11.1. The highest BCUT2D eigenvalue weighted by Crippen LogP contribution is 2.10. The number of amides is 1. The highest BCUT2D eigenvalue weighted by Gasteiger charge is 2.00. The molecule has 0 aliphatic heterocycles. The summed E-state index contributed by atoms with van der Waals surface area (Å²) in [7, 11) is 0. The van der Waals surface area contributed by atoms with Gasteiger partial charge < -0.3 is 0 Å². The van der Waals surface area contributed by atoms with E-state index in [1.165, 1.54) is 17.6 Å². The maximum atomic E-state index is 12.0. The molecule has 0 aliphatic carbocycles. The summed E-state index contributed by atoms with van der Waals surface area (Å²) < 4.78 is 0. The number of benzene rings is 2. The molecular formula is C19H17NO3. The summed E-state index contributed by atoms with van der Waals surface area (Å²) in [5, 5.41) is 8.40. The van der Waals surface area contributed by atoms with Crippen molar-refractivity contribution in [3.05, 3.63) is 82.9 Å². The first-order valence-electron chi connectivity index (χ1n) is 7.10. The third-order valence-electron chi connectivity index (χ3n) is 3.24. The Hall–Kier alpha value is -2.98. The Balaban J connectivity index is 2.02. The predicted molar refractivity (Wildman–Crippen MR) is 89.9 cm³/mol. The highest BCUT2D eigenvalue weighted by atomic mass is 16.5. The Morgan fingerprint density at radius 3 is 1.91 bits per heavy atom. The van der Waals surface area contributed by atoms with Crippen LogP contribution in [0.25, 0.3) is 12.2 Å². The van der Waals surface area contributed by atoms with Crippen LogP contribution in [0.1, 0.15) is 27.0 Å². The molecule has 1 amide bonds. The van der Waals surface area contributed by atoms with Gasteiger partial charge in [0.15, 0.2) is 5.78 Å². The molecule has 0 saturated heterocycles. The van der Waals surface area contributed by atoms with Crippen molar-refractivity contribution in [2.24, 2.45) is 0 Å². The minimum absolute atomic E-state index is 0.0476. The normalized spacial score (nSPS) is 11.0. The molecule has 116 valence electrons. The Labute approximate surface area is 134 Å². The first kappa shape index (κ1) is 16.4. The molecule has 2 N–H and O–H groups in total. The first-order valence-corrected chi connectivity index (χ1v) is 7.10. The maximum absolute atomic E-state index is 12.0. The van der Waals surface area contributed by atoms with Crippen LogP contribution < -0.4 is 5.48 Å². The van der Waals surface area contributed by atoms with E-state index in [1.807, 2.05) is 55.5 Å². The molecule has 23 heavy (non-hydrogen) atoms. The molecule has 0 aliphatic rings. The molecule has 2 aromatic rings. The molecule has 0 unspecified atom stereocenters. The summed E-state index contributed by atoms with van der Waals surface area (Å²) in [6.07, 6.45) is 6.09. The molecule has 2 rings (SSSR count). The van der Waals surface area contributed by atoms with Crippen LogP contribution in [0.5, 0.6) is 0 Å². The average Bonchev–Trinajstić information content (AvgIpc) is 2.59. The van der Waals surface area contributed by atoms with Gasteiger partial charge in [-0.25, -0.2) is 5.48 Å². The summed E-state index contributed by atoms with van der Waals surface area (Å²) in [5.41, 5.74) is 4.99. The molecule has 0 bridgehead atoms. The van der Waals surface area contributed by atoms with E-state index in [1.54, 1.807) is 12.2 Å².